The molecule has 2 heterocycles. The average molecular weight is 483 g/mol. The fourth-order valence-electron chi connectivity index (χ4n) is 4.35. The van der Waals surface area contributed by atoms with Crippen molar-refractivity contribution in [3.05, 3.63) is 70.5 Å². The SMILES string of the molecule is CCc1ccccc1N(C(C)=O)c1nc(CN2CCN(Cc3cc(F)ccc3OC)CC2)cs1. The summed E-state index contributed by atoms with van der Waals surface area (Å²) in [6, 6.07) is 12.7. The number of carbonyl (C=O) groups excluding carboxylic acids is 1. The molecule has 0 unspecified atom stereocenters. The first kappa shape index (κ1) is 24.3. The number of hydrogen-bond donors (Lipinski definition) is 0. The molecule has 3 aromatic rings. The zero-order chi connectivity index (χ0) is 24.1. The summed E-state index contributed by atoms with van der Waals surface area (Å²) in [6.07, 6.45) is 0.851. The van der Waals surface area contributed by atoms with Crippen molar-refractivity contribution in [2.24, 2.45) is 0 Å². The van der Waals surface area contributed by atoms with Gasteiger partial charge in [-0.1, -0.05) is 25.1 Å². The van der Waals surface area contributed by atoms with Crippen LogP contribution in [0, 0.1) is 5.82 Å². The van der Waals surface area contributed by atoms with Gasteiger partial charge in [-0.2, -0.15) is 0 Å². The Hall–Kier alpha value is -2.81. The number of nitrogens with zero attached hydrogens (tertiary/aromatic N) is 4. The van der Waals surface area contributed by atoms with Crippen LogP contribution in [0.2, 0.25) is 0 Å². The van der Waals surface area contributed by atoms with Gasteiger partial charge in [0.05, 0.1) is 18.5 Å². The summed E-state index contributed by atoms with van der Waals surface area (Å²) in [5.41, 5.74) is 3.87. The lowest BCUT2D eigenvalue weighted by Crippen LogP contribution is -2.45. The van der Waals surface area contributed by atoms with Crippen molar-refractivity contribution in [3.8, 4) is 5.75 Å². The first-order valence-electron chi connectivity index (χ1n) is 11.6. The number of amides is 1. The van der Waals surface area contributed by atoms with Crippen molar-refractivity contribution < 1.29 is 13.9 Å². The van der Waals surface area contributed by atoms with E-state index in [-0.39, 0.29) is 11.7 Å². The van der Waals surface area contributed by atoms with Gasteiger partial charge in [-0.25, -0.2) is 9.37 Å². The zero-order valence-corrected chi connectivity index (χ0v) is 20.8. The van der Waals surface area contributed by atoms with Gasteiger partial charge in [-0.05, 0) is 36.2 Å². The van der Waals surface area contributed by atoms with Gasteiger partial charge in [0, 0.05) is 57.1 Å². The number of methoxy groups -OCH3 is 1. The lowest BCUT2D eigenvalue weighted by Gasteiger charge is -2.34. The molecule has 0 saturated carbocycles. The Morgan fingerprint density at radius 1 is 1.09 bits per heavy atom. The standard InChI is InChI=1S/C26H31FN4O2S/c1-4-20-7-5-6-8-24(20)31(19(2)32)26-28-23(18-34-26)17-30-13-11-29(12-14-30)16-21-15-22(27)9-10-25(21)33-3/h5-10,15,18H,4,11-14,16-17H2,1-3H3. The maximum Gasteiger partial charge on any atom is 0.230 e. The van der Waals surface area contributed by atoms with Crippen LogP contribution < -0.4 is 9.64 Å². The molecule has 0 N–H and O–H groups in total. The molecule has 1 aliphatic rings. The summed E-state index contributed by atoms with van der Waals surface area (Å²) in [6.45, 7) is 8.67. The van der Waals surface area contributed by atoms with Crippen LogP contribution in [0.1, 0.15) is 30.7 Å². The molecule has 2 aromatic carbocycles. The van der Waals surface area contributed by atoms with Crippen molar-refractivity contribution in [1.82, 2.24) is 14.8 Å². The Labute approximate surface area is 204 Å². The van der Waals surface area contributed by atoms with Gasteiger partial charge in [0.25, 0.3) is 0 Å². The second-order valence-corrected chi connectivity index (χ2v) is 9.30. The highest BCUT2D eigenvalue weighted by Gasteiger charge is 2.22. The van der Waals surface area contributed by atoms with Gasteiger partial charge in [-0.3, -0.25) is 19.5 Å². The molecule has 4 rings (SSSR count). The number of benzene rings is 2. The fourth-order valence-corrected chi connectivity index (χ4v) is 5.22. The molecule has 1 aliphatic heterocycles. The third-order valence-electron chi connectivity index (χ3n) is 6.15. The van der Waals surface area contributed by atoms with Crippen LogP contribution in [-0.2, 0) is 24.3 Å². The first-order chi connectivity index (χ1) is 16.5. The molecule has 0 spiro atoms. The summed E-state index contributed by atoms with van der Waals surface area (Å²) in [5.74, 6) is 0.441. The molecule has 1 amide bonds. The number of thiazole rings is 1. The highest BCUT2D eigenvalue weighted by molar-refractivity contribution is 7.14. The van der Waals surface area contributed by atoms with E-state index >= 15 is 0 Å². The largest absolute Gasteiger partial charge is 0.496 e. The molecule has 0 bridgehead atoms. The number of hydrogen-bond acceptors (Lipinski definition) is 6. The molecule has 8 heteroatoms. The molecule has 6 nitrogen and oxygen atoms in total. The number of anilines is 2. The van der Waals surface area contributed by atoms with Crippen molar-refractivity contribution in [3.63, 3.8) is 0 Å². The van der Waals surface area contributed by atoms with Gasteiger partial charge in [0.1, 0.15) is 11.6 Å². The van der Waals surface area contributed by atoms with Crippen molar-refractivity contribution in [1.29, 1.82) is 0 Å². The number of para-hydroxylation sites is 1. The smallest absolute Gasteiger partial charge is 0.230 e. The third-order valence-corrected chi connectivity index (χ3v) is 7.02. The Morgan fingerprint density at radius 3 is 2.47 bits per heavy atom. The summed E-state index contributed by atoms with van der Waals surface area (Å²) >= 11 is 1.50. The number of piperazine rings is 1. The molecule has 180 valence electrons. The Morgan fingerprint density at radius 2 is 1.79 bits per heavy atom. The lowest BCUT2D eigenvalue weighted by molar-refractivity contribution is -0.115. The fraction of sp³-hybridized carbons (Fsp3) is 0.385. The highest BCUT2D eigenvalue weighted by atomic mass is 32.1. The predicted octanol–water partition coefficient (Wildman–Crippen LogP) is 4.86. The monoisotopic (exact) mass is 482 g/mol. The number of rotatable bonds is 8. The summed E-state index contributed by atoms with van der Waals surface area (Å²) in [4.78, 5) is 23.7. The van der Waals surface area contributed by atoms with Crippen LogP contribution in [0.4, 0.5) is 15.2 Å². The molecular formula is C26H31FN4O2S. The van der Waals surface area contributed by atoms with E-state index in [4.69, 9.17) is 9.72 Å². The van der Waals surface area contributed by atoms with E-state index in [1.165, 1.54) is 17.4 Å². The molecule has 1 fully saturated rings. The van der Waals surface area contributed by atoms with Crippen LogP contribution in [0.15, 0.2) is 47.8 Å². The third kappa shape index (κ3) is 5.63. The zero-order valence-electron chi connectivity index (χ0n) is 20.0. The van der Waals surface area contributed by atoms with E-state index < -0.39 is 0 Å². The quantitative estimate of drug-likeness (QED) is 0.459. The van der Waals surface area contributed by atoms with Gasteiger partial charge in [0.2, 0.25) is 5.91 Å². The Kier molecular flexibility index (Phi) is 7.92. The Balaban J connectivity index is 1.38. The van der Waals surface area contributed by atoms with Crippen LogP contribution in [-0.4, -0.2) is 54.0 Å². The second-order valence-electron chi connectivity index (χ2n) is 8.47. The molecule has 0 aliphatic carbocycles. The van der Waals surface area contributed by atoms with E-state index in [1.807, 2.05) is 23.6 Å². The van der Waals surface area contributed by atoms with Crippen LogP contribution in [0.3, 0.4) is 0 Å². The Bertz CT molecular complexity index is 1130. The minimum atomic E-state index is -0.241. The maximum absolute atomic E-state index is 13.7. The molecule has 0 radical (unpaired) electrons. The second kappa shape index (κ2) is 11.1. The van der Waals surface area contributed by atoms with Crippen molar-refractivity contribution >= 4 is 28.1 Å². The number of aromatic nitrogens is 1. The van der Waals surface area contributed by atoms with E-state index in [2.05, 4.69) is 22.8 Å². The van der Waals surface area contributed by atoms with E-state index in [1.54, 1.807) is 31.1 Å². The minimum absolute atomic E-state index is 0.0387. The van der Waals surface area contributed by atoms with Crippen LogP contribution >= 0.6 is 11.3 Å². The van der Waals surface area contributed by atoms with E-state index in [0.29, 0.717) is 11.7 Å². The molecule has 1 saturated heterocycles. The van der Waals surface area contributed by atoms with Gasteiger partial charge < -0.3 is 4.74 Å². The molecule has 34 heavy (non-hydrogen) atoms. The topological polar surface area (TPSA) is 48.9 Å². The number of aryl methyl sites for hydroxylation is 1. The van der Waals surface area contributed by atoms with Crippen molar-refractivity contribution in [2.45, 2.75) is 33.4 Å². The summed E-state index contributed by atoms with van der Waals surface area (Å²) in [7, 11) is 1.62. The van der Waals surface area contributed by atoms with Crippen molar-refractivity contribution in [2.75, 3.05) is 38.2 Å². The highest BCUT2D eigenvalue weighted by Crippen LogP contribution is 2.32. The summed E-state index contributed by atoms with van der Waals surface area (Å²) < 4.78 is 19.1. The maximum atomic E-state index is 13.7. The minimum Gasteiger partial charge on any atom is -0.496 e. The van der Waals surface area contributed by atoms with Gasteiger partial charge in [-0.15, -0.1) is 11.3 Å². The number of halogens is 1. The van der Waals surface area contributed by atoms with E-state index in [9.17, 15) is 9.18 Å². The van der Waals surface area contributed by atoms with Gasteiger partial charge in [0.15, 0.2) is 5.13 Å². The normalized spacial score (nSPS) is 14.8. The van der Waals surface area contributed by atoms with E-state index in [0.717, 1.165) is 67.4 Å². The average Bonchev–Trinajstić information content (AvgIpc) is 3.28. The predicted molar refractivity (Wildman–Crippen MR) is 134 cm³/mol. The lowest BCUT2D eigenvalue weighted by atomic mass is 10.1. The molecule has 0 atom stereocenters. The molecule has 1 aromatic heterocycles. The van der Waals surface area contributed by atoms with Crippen LogP contribution in [0.25, 0.3) is 0 Å². The first-order valence-corrected chi connectivity index (χ1v) is 12.5. The van der Waals surface area contributed by atoms with Gasteiger partial charge >= 0.3 is 0 Å². The molecular weight excluding hydrogens is 451 g/mol. The summed E-state index contributed by atoms with van der Waals surface area (Å²) in [5, 5.41) is 2.75. The van der Waals surface area contributed by atoms with Crippen LogP contribution in [0.5, 0.6) is 5.75 Å². The number of ether oxygens (including phenoxy) is 1. The number of carbonyl (C=O) groups is 1.